The number of morpholine rings is 1. The van der Waals surface area contributed by atoms with Crippen LogP contribution in [0, 0.1) is 0 Å². The molecule has 3 rings (SSSR count). The van der Waals surface area contributed by atoms with Crippen molar-refractivity contribution in [2.45, 2.75) is 49.6 Å². The second kappa shape index (κ2) is 6.61. The lowest BCUT2D eigenvalue weighted by molar-refractivity contribution is -0.0753. The zero-order valence-electron chi connectivity index (χ0n) is 13.4. The molecule has 1 aliphatic carbocycles. The summed E-state index contributed by atoms with van der Waals surface area (Å²) in [5.41, 5.74) is 0.292. The van der Waals surface area contributed by atoms with Crippen LogP contribution in [0.1, 0.15) is 43.0 Å². The number of rotatable bonds is 3. The number of benzene rings is 1. The van der Waals surface area contributed by atoms with E-state index >= 15 is 0 Å². The van der Waals surface area contributed by atoms with Gasteiger partial charge in [-0.05, 0) is 25.0 Å². The molecule has 0 unspecified atom stereocenters. The molecule has 0 N–H and O–H groups in total. The Kier molecular flexibility index (Phi) is 4.73. The van der Waals surface area contributed by atoms with Gasteiger partial charge in [0.25, 0.3) is 5.91 Å². The SMILES string of the molecule is CCS(=O)(=O)c1ccccc1C(=O)N1CCO[C@@H]2CCCC[C@@H]21. The summed E-state index contributed by atoms with van der Waals surface area (Å²) in [5.74, 6) is -0.190. The first-order chi connectivity index (χ1) is 11.0. The Morgan fingerprint density at radius 2 is 2.00 bits per heavy atom. The molecule has 126 valence electrons. The molecular formula is C17H23NO4S. The fourth-order valence-electron chi connectivity index (χ4n) is 3.57. The van der Waals surface area contributed by atoms with E-state index in [0.717, 1.165) is 25.7 Å². The summed E-state index contributed by atoms with van der Waals surface area (Å²) >= 11 is 0. The highest BCUT2D eigenvalue weighted by Gasteiger charge is 2.38. The highest BCUT2D eigenvalue weighted by atomic mass is 32.2. The third-order valence-corrected chi connectivity index (χ3v) is 6.61. The summed E-state index contributed by atoms with van der Waals surface area (Å²) in [6.45, 7) is 2.65. The van der Waals surface area contributed by atoms with Crippen LogP contribution in [0.15, 0.2) is 29.2 Å². The standard InChI is InChI=1S/C17H23NO4S/c1-2-23(20,21)16-10-6-3-7-13(16)17(19)18-11-12-22-15-9-5-4-8-14(15)18/h3,6-7,10,14-15H,2,4-5,8-9,11-12H2,1H3/t14-,15+/m0/s1. The Labute approximate surface area is 137 Å². The summed E-state index contributed by atoms with van der Waals surface area (Å²) in [7, 11) is -3.42. The normalized spacial score (nSPS) is 25.0. The first-order valence-corrected chi connectivity index (χ1v) is 9.94. The van der Waals surface area contributed by atoms with Crippen LogP contribution in [0.3, 0.4) is 0 Å². The lowest BCUT2D eigenvalue weighted by Crippen LogP contribution is -2.55. The van der Waals surface area contributed by atoms with Crippen LogP contribution in [0.4, 0.5) is 0 Å². The molecule has 0 bridgehead atoms. The summed E-state index contributed by atoms with van der Waals surface area (Å²) in [4.78, 5) is 15.0. The third kappa shape index (κ3) is 3.15. The molecule has 2 atom stereocenters. The molecule has 1 amide bonds. The molecule has 1 aliphatic heterocycles. The van der Waals surface area contributed by atoms with Crippen molar-refractivity contribution in [3.63, 3.8) is 0 Å². The van der Waals surface area contributed by atoms with Gasteiger partial charge in [-0.15, -0.1) is 0 Å². The third-order valence-electron chi connectivity index (χ3n) is 4.83. The molecule has 5 nitrogen and oxygen atoms in total. The van der Waals surface area contributed by atoms with Crippen molar-refractivity contribution in [3.8, 4) is 0 Å². The maximum absolute atomic E-state index is 13.0. The largest absolute Gasteiger partial charge is 0.374 e. The van der Waals surface area contributed by atoms with Gasteiger partial charge in [0.15, 0.2) is 9.84 Å². The van der Waals surface area contributed by atoms with Crippen LogP contribution in [0.25, 0.3) is 0 Å². The van der Waals surface area contributed by atoms with Crippen LogP contribution < -0.4 is 0 Å². The Morgan fingerprint density at radius 1 is 1.26 bits per heavy atom. The van der Waals surface area contributed by atoms with Gasteiger partial charge in [-0.3, -0.25) is 4.79 Å². The Balaban J connectivity index is 1.94. The van der Waals surface area contributed by atoms with Gasteiger partial charge >= 0.3 is 0 Å². The number of carbonyl (C=O) groups is 1. The Bertz CT molecular complexity index is 684. The van der Waals surface area contributed by atoms with E-state index in [1.54, 1.807) is 25.1 Å². The van der Waals surface area contributed by atoms with E-state index < -0.39 is 9.84 Å². The first-order valence-electron chi connectivity index (χ1n) is 8.29. The minimum absolute atomic E-state index is 0.00748. The lowest BCUT2D eigenvalue weighted by atomic mass is 9.89. The molecular weight excluding hydrogens is 314 g/mol. The first kappa shape index (κ1) is 16.5. The number of hydrogen-bond donors (Lipinski definition) is 0. The predicted molar refractivity (Wildman–Crippen MR) is 87.2 cm³/mol. The highest BCUT2D eigenvalue weighted by molar-refractivity contribution is 7.91. The van der Waals surface area contributed by atoms with Crippen molar-refractivity contribution in [3.05, 3.63) is 29.8 Å². The van der Waals surface area contributed by atoms with E-state index in [1.807, 2.05) is 4.90 Å². The average molecular weight is 337 g/mol. The summed E-state index contributed by atoms with van der Waals surface area (Å²) in [5, 5.41) is 0. The topological polar surface area (TPSA) is 63.7 Å². The quantitative estimate of drug-likeness (QED) is 0.849. The number of amides is 1. The van der Waals surface area contributed by atoms with E-state index in [9.17, 15) is 13.2 Å². The monoisotopic (exact) mass is 337 g/mol. The molecule has 1 saturated carbocycles. The van der Waals surface area contributed by atoms with E-state index in [-0.39, 0.29) is 28.7 Å². The van der Waals surface area contributed by atoms with Gasteiger partial charge in [0.1, 0.15) is 0 Å². The number of hydrogen-bond acceptors (Lipinski definition) is 4. The molecule has 6 heteroatoms. The maximum Gasteiger partial charge on any atom is 0.255 e. The minimum Gasteiger partial charge on any atom is -0.374 e. The van der Waals surface area contributed by atoms with Crippen LogP contribution in [0.2, 0.25) is 0 Å². The van der Waals surface area contributed by atoms with Gasteiger partial charge in [-0.2, -0.15) is 0 Å². The zero-order chi connectivity index (χ0) is 16.4. The number of carbonyl (C=O) groups excluding carboxylic acids is 1. The van der Waals surface area contributed by atoms with Crippen molar-refractivity contribution < 1.29 is 17.9 Å². The van der Waals surface area contributed by atoms with E-state index in [2.05, 4.69) is 0 Å². The molecule has 1 aromatic rings. The van der Waals surface area contributed by atoms with Crippen LogP contribution in [-0.4, -0.2) is 50.3 Å². The van der Waals surface area contributed by atoms with E-state index in [1.165, 1.54) is 6.07 Å². The van der Waals surface area contributed by atoms with Crippen molar-refractivity contribution in [1.82, 2.24) is 4.90 Å². The second-order valence-corrected chi connectivity index (χ2v) is 8.41. The Hall–Kier alpha value is -1.40. The van der Waals surface area contributed by atoms with Crippen molar-refractivity contribution in [2.24, 2.45) is 0 Å². The number of ether oxygens (including phenoxy) is 1. The van der Waals surface area contributed by atoms with Gasteiger partial charge in [0.2, 0.25) is 0 Å². The maximum atomic E-state index is 13.0. The fraction of sp³-hybridized carbons (Fsp3) is 0.588. The fourth-order valence-corrected chi connectivity index (χ4v) is 4.66. The van der Waals surface area contributed by atoms with E-state index in [4.69, 9.17) is 4.74 Å². The molecule has 23 heavy (non-hydrogen) atoms. The smallest absolute Gasteiger partial charge is 0.255 e. The number of nitrogens with zero attached hydrogens (tertiary/aromatic N) is 1. The summed E-state index contributed by atoms with van der Waals surface area (Å²) in [6, 6.07) is 6.62. The van der Waals surface area contributed by atoms with Crippen LogP contribution >= 0.6 is 0 Å². The molecule has 2 fully saturated rings. The Morgan fingerprint density at radius 3 is 2.78 bits per heavy atom. The second-order valence-electron chi connectivity index (χ2n) is 6.16. The number of fused-ring (bicyclic) bond motifs is 1. The van der Waals surface area contributed by atoms with Crippen LogP contribution in [0.5, 0.6) is 0 Å². The average Bonchev–Trinajstić information content (AvgIpc) is 2.60. The van der Waals surface area contributed by atoms with Gasteiger partial charge in [0, 0.05) is 6.54 Å². The van der Waals surface area contributed by atoms with Crippen molar-refractivity contribution >= 4 is 15.7 Å². The molecule has 1 aromatic carbocycles. The number of sulfone groups is 1. The highest BCUT2D eigenvalue weighted by Crippen LogP contribution is 2.30. The predicted octanol–water partition coefficient (Wildman–Crippen LogP) is 2.26. The summed E-state index contributed by atoms with van der Waals surface area (Å²) < 4.78 is 30.4. The molecule has 0 radical (unpaired) electrons. The van der Waals surface area contributed by atoms with Gasteiger partial charge in [0.05, 0.1) is 35.0 Å². The molecule has 1 heterocycles. The van der Waals surface area contributed by atoms with Gasteiger partial charge in [-0.25, -0.2) is 8.42 Å². The molecule has 0 spiro atoms. The lowest BCUT2D eigenvalue weighted by Gasteiger charge is -2.44. The van der Waals surface area contributed by atoms with Crippen molar-refractivity contribution in [1.29, 1.82) is 0 Å². The minimum atomic E-state index is -3.42. The van der Waals surface area contributed by atoms with E-state index in [0.29, 0.717) is 18.7 Å². The summed E-state index contributed by atoms with van der Waals surface area (Å²) in [6.07, 6.45) is 4.21. The zero-order valence-corrected chi connectivity index (χ0v) is 14.2. The molecule has 1 saturated heterocycles. The van der Waals surface area contributed by atoms with Crippen molar-refractivity contribution in [2.75, 3.05) is 18.9 Å². The molecule has 0 aromatic heterocycles. The van der Waals surface area contributed by atoms with Gasteiger partial charge < -0.3 is 9.64 Å². The van der Waals surface area contributed by atoms with Gasteiger partial charge in [-0.1, -0.05) is 31.9 Å². The van der Waals surface area contributed by atoms with Crippen LogP contribution in [-0.2, 0) is 14.6 Å². The molecule has 2 aliphatic rings.